The fraction of sp³-hybridized carbons (Fsp3) is 0.286. The van der Waals surface area contributed by atoms with E-state index in [1.165, 1.54) is 12.1 Å². The number of aromatic carboxylic acids is 1. The predicted octanol–water partition coefficient (Wildman–Crippen LogP) is 5.42. The second-order valence-corrected chi connectivity index (χ2v) is 7.42. The van der Waals surface area contributed by atoms with Crippen LogP contribution in [0, 0.1) is 12.7 Å². The van der Waals surface area contributed by atoms with Gasteiger partial charge in [0.25, 0.3) is 0 Å². The van der Waals surface area contributed by atoms with E-state index in [1.54, 1.807) is 4.57 Å². The van der Waals surface area contributed by atoms with E-state index in [9.17, 15) is 14.3 Å². The molecule has 0 saturated carbocycles. The zero-order chi connectivity index (χ0) is 19.1. The molecule has 140 valence electrons. The van der Waals surface area contributed by atoms with Crippen molar-refractivity contribution in [3.05, 3.63) is 58.5 Å². The van der Waals surface area contributed by atoms with Gasteiger partial charge < -0.3 is 14.6 Å². The number of hydrogen-bond acceptors (Lipinski definition) is 2. The Morgan fingerprint density at radius 3 is 2.56 bits per heavy atom. The topological polar surface area (TPSA) is 45.5 Å². The van der Waals surface area contributed by atoms with Crippen LogP contribution < -0.4 is 4.90 Å². The molecule has 0 amide bonds. The summed E-state index contributed by atoms with van der Waals surface area (Å²) in [6, 6.07) is 10.5. The van der Waals surface area contributed by atoms with Gasteiger partial charge in [-0.25, -0.2) is 9.18 Å². The fourth-order valence-corrected chi connectivity index (χ4v) is 4.09. The van der Waals surface area contributed by atoms with Gasteiger partial charge in [0.15, 0.2) is 5.69 Å². The van der Waals surface area contributed by atoms with Crippen molar-refractivity contribution in [2.75, 3.05) is 18.0 Å². The molecular formula is C21H20ClFN2O2. The molecule has 1 aliphatic rings. The second-order valence-electron chi connectivity index (χ2n) is 7.01. The van der Waals surface area contributed by atoms with Gasteiger partial charge in [-0.15, -0.1) is 0 Å². The smallest absolute Gasteiger partial charge is 0.355 e. The first-order chi connectivity index (χ1) is 13.0. The van der Waals surface area contributed by atoms with Crippen LogP contribution in [-0.2, 0) is 0 Å². The molecule has 2 heterocycles. The van der Waals surface area contributed by atoms with E-state index in [4.69, 9.17) is 11.6 Å². The minimum Gasteiger partial charge on any atom is -0.476 e. The normalized spacial score (nSPS) is 14.7. The monoisotopic (exact) mass is 386 g/mol. The first-order valence-electron chi connectivity index (χ1n) is 9.06. The Bertz CT molecular complexity index is 1040. The lowest BCUT2D eigenvalue weighted by atomic mass is 10.1. The summed E-state index contributed by atoms with van der Waals surface area (Å²) in [6.45, 7) is 3.47. The van der Waals surface area contributed by atoms with Crippen molar-refractivity contribution in [3.63, 3.8) is 0 Å². The Labute approximate surface area is 161 Å². The molecule has 1 aromatic heterocycles. The molecule has 0 atom stereocenters. The molecule has 1 N–H and O–H groups in total. The van der Waals surface area contributed by atoms with Gasteiger partial charge >= 0.3 is 5.97 Å². The average molecular weight is 387 g/mol. The minimum absolute atomic E-state index is 0.0176. The first kappa shape index (κ1) is 17.9. The number of nitrogens with zero attached hydrogens (tertiary/aromatic N) is 2. The fourth-order valence-electron chi connectivity index (χ4n) is 3.93. The maximum absolute atomic E-state index is 14.3. The average Bonchev–Trinajstić information content (AvgIpc) is 2.97. The zero-order valence-corrected chi connectivity index (χ0v) is 15.8. The molecular weight excluding hydrogens is 367 g/mol. The number of carbonyl (C=O) groups is 1. The lowest BCUT2D eigenvalue weighted by Gasteiger charge is -2.29. The summed E-state index contributed by atoms with van der Waals surface area (Å²) in [6.07, 6.45) is 3.11. The standard InChI is InChI=1S/C21H20ClFN2O2/c1-13-6-5-7-14(10-13)25-18-12-16(22)17(23)11-15(18)19(20(25)21(26)27)24-8-3-2-4-9-24/h5-7,10-12H,2-4,8-9H2,1H3,(H,26,27). The van der Waals surface area contributed by atoms with Crippen LogP contribution in [0.4, 0.5) is 10.1 Å². The molecule has 0 unspecified atom stereocenters. The van der Waals surface area contributed by atoms with Crippen molar-refractivity contribution >= 4 is 34.2 Å². The molecule has 27 heavy (non-hydrogen) atoms. The Morgan fingerprint density at radius 2 is 1.89 bits per heavy atom. The van der Waals surface area contributed by atoms with Crippen LogP contribution in [0.1, 0.15) is 35.3 Å². The van der Waals surface area contributed by atoms with E-state index in [0.717, 1.165) is 43.6 Å². The summed E-state index contributed by atoms with van der Waals surface area (Å²) in [4.78, 5) is 14.4. The summed E-state index contributed by atoms with van der Waals surface area (Å²) < 4.78 is 16.0. The number of carboxylic acids is 1. The summed E-state index contributed by atoms with van der Waals surface area (Å²) in [7, 11) is 0. The largest absolute Gasteiger partial charge is 0.476 e. The van der Waals surface area contributed by atoms with Crippen molar-refractivity contribution < 1.29 is 14.3 Å². The molecule has 1 aliphatic heterocycles. The third-order valence-corrected chi connectivity index (χ3v) is 5.41. The molecule has 4 nitrogen and oxygen atoms in total. The van der Waals surface area contributed by atoms with Crippen LogP contribution in [0.5, 0.6) is 0 Å². The van der Waals surface area contributed by atoms with Gasteiger partial charge in [-0.3, -0.25) is 0 Å². The van der Waals surface area contributed by atoms with E-state index in [1.807, 2.05) is 31.2 Å². The number of carboxylic acid groups (broad SMARTS) is 1. The predicted molar refractivity (Wildman–Crippen MR) is 106 cm³/mol. The van der Waals surface area contributed by atoms with E-state index in [-0.39, 0.29) is 10.7 Å². The highest BCUT2D eigenvalue weighted by atomic mass is 35.5. The molecule has 0 spiro atoms. The Kier molecular flexibility index (Phi) is 4.56. The van der Waals surface area contributed by atoms with Crippen LogP contribution in [0.15, 0.2) is 36.4 Å². The number of halogens is 2. The Balaban J connectivity index is 2.10. The number of aromatic nitrogens is 1. The van der Waals surface area contributed by atoms with Gasteiger partial charge in [0.05, 0.1) is 16.2 Å². The molecule has 2 aromatic carbocycles. The van der Waals surface area contributed by atoms with Crippen molar-refractivity contribution in [3.8, 4) is 5.69 Å². The van der Waals surface area contributed by atoms with Gasteiger partial charge in [0, 0.05) is 24.2 Å². The summed E-state index contributed by atoms with van der Waals surface area (Å²) >= 11 is 6.06. The zero-order valence-electron chi connectivity index (χ0n) is 15.0. The van der Waals surface area contributed by atoms with Gasteiger partial charge in [0.2, 0.25) is 0 Å². The summed E-state index contributed by atoms with van der Waals surface area (Å²) in [5.74, 6) is -1.58. The maximum Gasteiger partial charge on any atom is 0.355 e. The highest BCUT2D eigenvalue weighted by Crippen LogP contribution is 2.39. The highest BCUT2D eigenvalue weighted by molar-refractivity contribution is 6.31. The molecule has 1 fully saturated rings. The highest BCUT2D eigenvalue weighted by Gasteiger charge is 2.29. The molecule has 0 radical (unpaired) electrons. The van der Waals surface area contributed by atoms with Crippen LogP contribution in [0.3, 0.4) is 0 Å². The Hall–Kier alpha value is -2.53. The number of fused-ring (bicyclic) bond motifs is 1. The Morgan fingerprint density at radius 1 is 1.15 bits per heavy atom. The van der Waals surface area contributed by atoms with Crippen LogP contribution in [0.25, 0.3) is 16.6 Å². The van der Waals surface area contributed by atoms with Gasteiger partial charge in [0.1, 0.15) is 5.82 Å². The number of anilines is 1. The number of aryl methyl sites for hydroxylation is 1. The lowest BCUT2D eigenvalue weighted by Crippen LogP contribution is -2.30. The van der Waals surface area contributed by atoms with Crippen molar-refractivity contribution in [1.82, 2.24) is 4.57 Å². The van der Waals surface area contributed by atoms with Gasteiger partial charge in [-0.2, -0.15) is 0 Å². The molecule has 0 aliphatic carbocycles. The maximum atomic E-state index is 14.3. The lowest BCUT2D eigenvalue weighted by molar-refractivity contribution is 0.0689. The van der Waals surface area contributed by atoms with Crippen molar-refractivity contribution in [2.24, 2.45) is 0 Å². The molecule has 4 rings (SSSR count). The SMILES string of the molecule is Cc1cccc(-n2c(C(=O)O)c(N3CCCCC3)c3cc(F)c(Cl)cc32)c1. The van der Waals surface area contributed by atoms with E-state index in [0.29, 0.717) is 16.6 Å². The molecule has 0 bridgehead atoms. The van der Waals surface area contributed by atoms with Crippen molar-refractivity contribution in [1.29, 1.82) is 0 Å². The van der Waals surface area contributed by atoms with Crippen LogP contribution in [0.2, 0.25) is 5.02 Å². The van der Waals surface area contributed by atoms with Gasteiger partial charge in [-0.05, 0) is 56.0 Å². The number of piperidine rings is 1. The van der Waals surface area contributed by atoms with E-state index in [2.05, 4.69) is 4.90 Å². The third kappa shape index (κ3) is 3.06. The van der Waals surface area contributed by atoms with Crippen molar-refractivity contribution in [2.45, 2.75) is 26.2 Å². The first-order valence-corrected chi connectivity index (χ1v) is 9.44. The number of rotatable bonds is 3. The van der Waals surface area contributed by atoms with Crippen LogP contribution in [-0.4, -0.2) is 28.7 Å². The number of benzene rings is 2. The minimum atomic E-state index is -1.04. The summed E-state index contributed by atoms with van der Waals surface area (Å²) in [5, 5.41) is 10.6. The molecule has 1 saturated heterocycles. The van der Waals surface area contributed by atoms with Gasteiger partial charge in [-0.1, -0.05) is 23.7 Å². The van der Waals surface area contributed by atoms with E-state index < -0.39 is 11.8 Å². The van der Waals surface area contributed by atoms with E-state index >= 15 is 0 Å². The second kappa shape index (κ2) is 6.89. The third-order valence-electron chi connectivity index (χ3n) is 5.12. The molecule has 6 heteroatoms. The number of hydrogen-bond donors (Lipinski definition) is 1. The molecule has 3 aromatic rings. The van der Waals surface area contributed by atoms with Crippen LogP contribution >= 0.6 is 11.6 Å². The quantitative estimate of drug-likeness (QED) is 0.653. The summed E-state index contributed by atoms with van der Waals surface area (Å²) in [5.41, 5.74) is 3.07.